The van der Waals surface area contributed by atoms with E-state index < -0.39 is 358 Å². The van der Waals surface area contributed by atoms with Crippen LogP contribution in [0.3, 0.4) is 0 Å². The number of nitrogens with two attached hydrogens (primary N) is 2. The number of hydrogen-bond donors (Lipinski definition) is 23. The summed E-state index contributed by atoms with van der Waals surface area (Å²) in [6, 6.07) is -16.4. The number of fused-ring (bicyclic) bond motifs is 7. The molecule has 4 aliphatic rings. The molecule has 2 aromatic carbocycles. The number of rotatable bonds is 30. The Balaban J connectivity index is 1.56. The van der Waals surface area contributed by atoms with Gasteiger partial charge in [0, 0.05) is 87.2 Å². The number of phenolic OH excluding ortho intramolecular Hbond substituents is 2. The molecule has 21 amide bonds. The summed E-state index contributed by atoms with van der Waals surface area (Å²) in [5, 5.41) is 90.3. The maximum atomic E-state index is 15.5. The third kappa shape index (κ3) is 42.3. The molecule has 6 rings (SSSR count). The molecule has 4 heterocycles. The summed E-state index contributed by atoms with van der Waals surface area (Å²) in [4.78, 5) is 359. The second-order valence-corrected chi connectivity index (χ2v) is 39.9. The van der Waals surface area contributed by atoms with E-state index in [1.807, 2.05) is 0 Å². The lowest BCUT2D eigenvalue weighted by molar-refractivity contribution is -0.157. The highest BCUT2D eigenvalue weighted by Crippen LogP contribution is 2.25. The van der Waals surface area contributed by atoms with E-state index in [0.29, 0.717) is 23.7 Å². The van der Waals surface area contributed by atoms with Crippen molar-refractivity contribution in [1.82, 2.24) is 105 Å². The van der Waals surface area contributed by atoms with Gasteiger partial charge in [0.1, 0.15) is 102 Å². The SMILES string of the molecule is CCCC[C@@H]1NC(=O)[C@H](Cc2ccc(O)cc2)NC(=O)[C@@H]2CCCN2C(=O)[C@H](CC(=O)O)NC(=O)[C@H](C)NC(=O)[C@H](CCCCN)NC(=O)[C@@H]2CSCC(=O)N3CN(CN(C3)C(=O)CCSC[C@@H](C(=O)N[C@@H](C)C(C)=O)NC1=O)C(=O)CCSC[C@H](NC(=O)[C@H](C)NC(C)=O)C(=O)N[C@@H]([C@@H](C)CC)C(=O)N[C@@H](CCC(=O)O)C(=O)N[C@@H](CCC(=O)O)C(=O)NCC(=O)N[C@@H](CCC(N)=O)C(=O)N[C@@H](Cc1ccc(O)cc1)C(=O)N2. The van der Waals surface area contributed by atoms with Crippen molar-refractivity contribution in [3.05, 3.63) is 59.7 Å². The van der Waals surface area contributed by atoms with Gasteiger partial charge in [0.15, 0.2) is 5.78 Å². The Morgan fingerprint density at radius 1 is 0.477 bits per heavy atom. The van der Waals surface area contributed by atoms with E-state index in [1.54, 1.807) is 13.8 Å². The van der Waals surface area contributed by atoms with Crippen LogP contribution in [0, 0.1) is 5.92 Å². The van der Waals surface area contributed by atoms with Crippen LogP contribution in [0.25, 0.3) is 0 Å². The van der Waals surface area contributed by atoms with Gasteiger partial charge < -0.3 is 142 Å². The van der Waals surface area contributed by atoms with Gasteiger partial charge in [-0.15, -0.1) is 11.8 Å². The molecule has 0 aromatic heterocycles. The number of amides is 21. The molecule has 0 unspecified atom stereocenters. The number of carbonyl (C=O) groups excluding carboxylic acids is 22. The van der Waals surface area contributed by atoms with E-state index in [0.717, 1.165) is 57.0 Å². The molecule has 0 radical (unpaired) electrons. The minimum Gasteiger partial charge on any atom is -0.508 e. The van der Waals surface area contributed by atoms with Crippen LogP contribution >= 0.6 is 35.3 Å². The Morgan fingerprint density at radius 2 is 0.953 bits per heavy atom. The van der Waals surface area contributed by atoms with Gasteiger partial charge in [-0.2, -0.15) is 23.5 Å². The van der Waals surface area contributed by atoms with Gasteiger partial charge in [0.25, 0.3) is 0 Å². The number of aliphatic carboxylic acids is 3. The van der Waals surface area contributed by atoms with Crippen LogP contribution in [0.1, 0.15) is 182 Å². The Hall–Kier alpha value is -14.0. The molecule has 17 atom stereocenters. The summed E-state index contributed by atoms with van der Waals surface area (Å²) >= 11 is 2.45. The molecule has 25 N–H and O–H groups in total. The van der Waals surface area contributed by atoms with Gasteiger partial charge in [-0.1, -0.05) is 64.3 Å². The smallest absolute Gasteiger partial charge is 0.305 e. The first-order chi connectivity index (χ1) is 70.5. The number of thioether (sulfide) groups is 3. The van der Waals surface area contributed by atoms with Crippen molar-refractivity contribution in [3.8, 4) is 11.5 Å². The fraction of sp³-hybridized carbons (Fsp3) is 0.606. The van der Waals surface area contributed by atoms with Crippen LogP contribution in [-0.4, -0.2) is 364 Å². The summed E-state index contributed by atoms with van der Waals surface area (Å²) in [7, 11) is 0. The van der Waals surface area contributed by atoms with E-state index in [2.05, 4.69) is 85.1 Å². The standard InChI is InChI=1S/C94H138N22O30S3/c1-9-11-15-59-84(136)110-67(89(141)99-50(4)53(7)117)42-147-36-32-73(123)113-46-114-48-115(47-113)75(125)45-149-44-69(90(142)103-60(16-12-13-34-95)83(135)100-52(6)81(133)108-66(40-78(130)131)94(146)116-35-14-17-70(116)92(144)107-65(87(139)102-59)39-56-20-24-58(120)25-21-56)111-88(140)64(38-55-18-22-57(119)23-19-55)106-85(137)62(26-29-71(96)121)101-72(122)41-97-82(134)61(27-30-76(126)127)104-86(138)63(28-31-77(128)129)105-93(145)79(49(3)10-2)112-91(143)68(43-148-37-33-74(114)124)109-80(132)51(5)98-54(8)118/h18-25,49-52,59-70,79,119-120H,9-17,26-48,95H2,1-8H3,(H2,96,121)(H,97,134)(H,98,118)(H,99,141)(H,100,135)(H,101,122)(H,102,139)(H,103,142)(H,104,138)(H,105,145)(H,106,137)(H,107,144)(H,108,133)(H,109,132)(H,110,136)(H,111,140)(H,112,143)(H,126,127)(H,128,129)(H,130,131)/t49-,50-,51-,52-,59-,60-,61-,62-,63-,64-,65-,66-,67-,68-,69-,70-,79-/m0/s1. The number of unbranched alkanes of at least 4 members (excludes halogenated alkanes) is 2. The Kier molecular flexibility index (Phi) is 51.7. The third-order valence-electron chi connectivity index (χ3n) is 24.5. The molecular formula is C94H138N22O30S3. The fourth-order valence-corrected chi connectivity index (χ4v) is 18.5. The number of Topliss-reactive ketones (excluding diaryl/α,β-unsaturated/α-hetero) is 1. The Labute approximate surface area is 871 Å². The summed E-state index contributed by atoms with van der Waals surface area (Å²) in [6.45, 7) is 7.93. The molecule has 52 nitrogen and oxygen atoms in total. The molecule has 149 heavy (non-hydrogen) atoms. The van der Waals surface area contributed by atoms with Crippen molar-refractivity contribution in [3.63, 3.8) is 0 Å². The normalized spacial score (nSPS) is 24.6. The summed E-state index contributed by atoms with van der Waals surface area (Å²) in [5.74, 6) is -31.1. The zero-order valence-corrected chi connectivity index (χ0v) is 86.6. The molecule has 4 saturated heterocycles. The first kappa shape index (κ1) is 124. The molecule has 4 aliphatic heterocycles. The van der Waals surface area contributed by atoms with Crippen molar-refractivity contribution >= 4 is 183 Å². The third-order valence-corrected chi connectivity index (χ3v) is 27.7. The van der Waals surface area contributed by atoms with Gasteiger partial charge in [-0.25, -0.2) is 0 Å². The Morgan fingerprint density at radius 3 is 1.48 bits per heavy atom. The van der Waals surface area contributed by atoms with Crippen LogP contribution in [0.15, 0.2) is 48.5 Å². The van der Waals surface area contributed by atoms with Crippen LogP contribution in [-0.2, 0) is 133 Å². The Bertz CT molecular complexity index is 5130. The largest absolute Gasteiger partial charge is 0.508 e. The van der Waals surface area contributed by atoms with Crippen molar-refractivity contribution < 1.29 is 145 Å². The van der Waals surface area contributed by atoms with E-state index in [1.165, 1.54) is 76.2 Å². The molecule has 0 aliphatic carbocycles. The van der Waals surface area contributed by atoms with Crippen LogP contribution < -0.4 is 96.5 Å². The van der Waals surface area contributed by atoms with Crippen molar-refractivity contribution in [2.75, 3.05) is 74.2 Å². The van der Waals surface area contributed by atoms with Gasteiger partial charge >= 0.3 is 17.9 Å². The summed E-state index contributed by atoms with van der Waals surface area (Å²) in [6.07, 6.45) is -6.74. The number of nitrogens with one attached hydrogen (secondary N) is 16. The summed E-state index contributed by atoms with van der Waals surface area (Å²) in [5.41, 5.74) is 12.0. The molecule has 0 saturated carbocycles. The molecular weight excluding hydrogens is 2010 g/mol. The van der Waals surface area contributed by atoms with E-state index in [-0.39, 0.29) is 105 Å². The number of carbonyl (C=O) groups is 25. The first-order valence-electron chi connectivity index (χ1n) is 48.9. The predicted molar refractivity (Wildman–Crippen MR) is 536 cm³/mol. The number of hydrogen-bond acceptors (Lipinski definition) is 31. The maximum absolute atomic E-state index is 15.5. The number of nitrogens with zero attached hydrogens (tertiary/aromatic N) is 4. The monoisotopic (exact) mass is 2150 g/mol. The first-order valence-corrected chi connectivity index (χ1v) is 52.3. The van der Waals surface area contributed by atoms with Gasteiger partial charge in [0.05, 0.1) is 44.8 Å². The summed E-state index contributed by atoms with van der Waals surface area (Å²) < 4.78 is 0. The zero-order chi connectivity index (χ0) is 111. The average Bonchev–Trinajstić information content (AvgIpc) is 1.50. The van der Waals surface area contributed by atoms with Crippen molar-refractivity contribution in [2.45, 2.75) is 280 Å². The van der Waals surface area contributed by atoms with Gasteiger partial charge in [-0.05, 0) is 133 Å². The zero-order valence-electron chi connectivity index (χ0n) is 84.2. The minimum absolute atomic E-state index is 0.0165. The predicted octanol–water partition coefficient (Wildman–Crippen LogP) is -5.86. The fourth-order valence-electron chi connectivity index (χ4n) is 15.7. The minimum atomic E-state index is -1.98. The number of aromatic hydroxyl groups is 2. The topological polar surface area (TPSA) is 785 Å². The lowest BCUT2D eigenvalue weighted by Crippen LogP contribution is -2.61. The molecule has 2 aromatic rings. The van der Waals surface area contributed by atoms with E-state index >= 15 is 14.4 Å². The van der Waals surface area contributed by atoms with E-state index in [9.17, 15) is 131 Å². The lowest BCUT2D eigenvalue weighted by atomic mass is 9.97. The lowest BCUT2D eigenvalue weighted by Gasteiger charge is -2.42. The molecule has 55 heteroatoms. The van der Waals surface area contributed by atoms with E-state index in [4.69, 9.17) is 11.5 Å². The number of carboxylic acids is 3. The van der Waals surface area contributed by atoms with Crippen LogP contribution in [0.2, 0.25) is 0 Å². The second kappa shape index (κ2) is 62.3. The number of carboxylic acid groups (broad SMARTS) is 3. The molecule has 4 fully saturated rings. The van der Waals surface area contributed by atoms with Crippen molar-refractivity contribution in [1.29, 1.82) is 0 Å². The highest BCUT2D eigenvalue weighted by Gasteiger charge is 2.44. The number of benzene rings is 2. The van der Waals surface area contributed by atoms with Crippen LogP contribution in [0.4, 0.5) is 0 Å². The number of primary amides is 1. The molecule has 4 bridgehead atoms. The quantitative estimate of drug-likeness (QED) is 0.0324. The van der Waals surface area contributed by atoms with Crippen molar-refractivity contribution in [2.24, 2.45) is 17.4 Å². The van der Waals surface area contributed by atoms with Gasteiger partial charge in [-0.3, -0.25) is 120 Å². The molecule has 0 spiro atoms. The maximum Gasteiger partial charge on any atom is 0.305 e. The average molecular weight is 2150 g/mol. The van der Waals surface area contributed by atoms with Crippen LogP contribution in [0.5, 0.6) is 11.5 Å². The second-order valence-electron chi connectivity index (χ2n) is 36.5. The van der Waals surface area contributed by atoms with Gasteiger partial charge in [0.2, 0.25) is 124 Å². The highest BCUT2D eigenvalue weighted by atomic mass is 32.2. The highest BCUT2D eigenvalue weighted by molar-refractivity contribution is 8.00. The molecule has 822 valence electrons. The number of phenols is 2. The number of ketones is 1.